The Hall–Kier alpha value is -1.55. The number of hydrogen-bond acceptors (Lipinski definition) is 2. The van der Waals surface area contributed by atoms with Crippen molar-refractivity contribution in [1.82, 2.24) is 10.2 Å². The van der Waals surface area contributed by atoms with Crippen molar-refractivity contribution in [2.45, 2.75) is 25.9 Å². The highest BCUT2D eigenvalue weighted by Gasteiger charge is 2.11. The zero-order valence-electron chi connectivity index (χ0n) is 13.4. The van der Waals surface area contributed by atoms with Crippen molar-refractivity contribution in [3.8, 4) is 0 Å². The fourth-order valence-corrected chi connectivity index (χ4v) is 3.18. The number of halogens is 2. The van der Waals surface area contributed by atoms with Gasteiger partial charge in [-0.2, -0.15) is 0 Å². The summed E-state index contributed by atoms with van der Waals surface area (Å²) in [7, 11) is 0. The predicted octanol–water partition coefficient (Wildman–Crippen LogP) is 4.52. The number of rotatable bonds is 5. The maximum Gasteiger partial charge on any atom is 0.251 e. The van der Waals surface area contributed by atoms with Crippen LogP contribution < -0.4 is 5.32 Å². The number of amides is 1. The van der Waals surface area contributed by atoms with E-state index in [1.54, 1.807) is 18.2 Å². The first kappa shape index (κ1) is 17.3. The van der Waals surface area contributed by atoms with Crippen molar-refractivity contribution in [3.05, 3.63) is 69.2 Å². The van der Waals surface area contributed by atoms with E-state index in [0.29, 0.717) is 22.2 Å². The van der Waals surface area contributed by atoms with Crippen LogP contribution in [0, 0.1) is 0 Å². The lowest BCUT2D eigenvalue weighted by Gasteiger charge is -2.14. The Labute approximate surface area is 152 Å². The molecule has 3 nitrogen and oxygen atoms in total. The van der Waals surface area contributed by atoms with Crippen molar-refractivity contribution in [2.24, 2.45) is 0 Å². The molecule has 1 N–H and O–H groups in total. The molecule has 1 aliphatic heterocycles. The van der Waals surface area contributed by atoms with Gasteiger partial charge in [-0.1, -0.05) is 47.5 Å². The van der Waals surface area contributed by atoms with Gasteiger partial charge < -0.3 is 5.32 Å². The number of nitrogens with zero attached hydrogens (tertiary/aromatic N) is 1. The van der Waals surface area contributed by atoms with Gasteiger partial charge in [0.05, 0.1) is 10.0 Å². The molecule has 126 valence electrons. The van der Waals surface area contributed by atoms with Crippen LogP contribution in [0.4, 0.5) is 0 Å². The van der Waals surface area contributed by atoms with E-state index in [0.717, 1.165) is 12.1 Å². The van der Waals surface area contributed by atoms with Crippen LogP contribution in [0.25, 0.3) is 0 Å². The summed E-state index contributed by atoms with van der Waals surface area (Å²) in [5.41, 5.74) is 2.90. The summed E-state index contributed by atoms with van der Waals surface area (Å²) in [6.07, 6.45) is 2.61. The number of hydrogen-bond donors (Lipinski definition) is 1. The van der Waals surface area contributed by atoms with Crippen molar-refractivity contribution in [3.63, 3.8) is 0 Å². The number of likely N-dealkylation sites (tertiary alicyclic amines) is 1. The average molecular weight is 363 g/mol. The van der Waals surface area contributed by atoms with E-state index in [2.05, 4.69) is 34.5 Å². The van der Waals surface area contributed by atoms with Gasteiger partial charge in [-0.25, -0.2) is 0 Å². The summed E-state index contributed by atoms with van der Waals surface area (Å²) < 4.78 is 0. The smallest absolute Gasteiger partial charge is 0.251 e. The highest BCUT2D eigenvalue weighted by atomic mass is 35.5. The molecule has 2 aromatic carbocycles. The van der Waals surface area contributed by atoms with Crippen LogP contribution in [0.15, 0.2) is 42.5 Å². The molecule has 3 rings (SSSR count). The van der Waals surface area contributed by atoms with Crippen molar-refractivity contribution in [2.75, 3.05) is 13.1 Å². The largest absolute Gasteiger partial charge is 0.348 e. The summed E-state index contributed by atoms with van der Waals surface area (Å²) in [6, 6.07) is 13.3. The molecule has 2 aromatic rings. The van der Waals surface area contributed by atoms with Crippen LogP contribution in [0.3, 0.4) is 0 Å². The van der Waals surface area contributed by atoms with Gasteiger partial charge in [0.15, 0.2) is 0 Å². The molecule has 0 radical (unpaired) electrons. The topological polar surface area (TPSA) is 32.3 Å². The zero-order chi connectivity index (χ0) is 16.9. The molecule has 1 heterocycles. The third-order valence-corrected chi connectivity index (χ3v) is 5.00. The lowest BCUT2D eigenvalue weighted by atomic mass is 10.1. The molecule has 0 spiro atoms. The minimum atomic E-state index is -0.158. The second kappa shape index (κ2) is 8.02. The van der Waals surface area contributed by atoms with E-state index in [1.165, 1.54) is 31.5 Å². The van der Waals surface area contributed by atoms with Gasteiger partial charge in [0.2, 0.25) is 0 Å². The zero-order valence-corrected chi connectivity index (χ0v) is 14.9. The molecule has 0 bridgehead atoms. The minimum Gasteiger partial charge on any atom is -0.348 e. The van der Waals surface area contributed by atoms with Gasteiger partial charge in [0.1, 0.15) is 0 Å². The van der Waals surface area contributed by atoms with Crippen molar-refractivity contribution < 1.29 is 4.79 Å². The molecule has 0 saturated carbocycles. The summed E-state index contributed by atoms with van der Waals surface area (Å²) >= 11 is 11.8. The maximum absolute atomic E-state index is 12.2. The van der Waals surface area contributed by atoms with Crippen molar-refractivity contribution in [1.29, 1.82) is 0 Å². The molecule has 1 fully saturated rings. The third kappa shape index (κ3) is 4.50. The quantitative estimate of drug-likeness (QED) is 0.847. The number of benzene rings is 2. The molecule has 1 aliphatic rings. The lowest BCUT2D eigenvalue weighted by molar-refractivity contribution is 0.0951. The first-order valence-electron chi connectivity index (χ1n) is 8.15. The van der Waals surface area contributed by atoms with Gasteiger partial charge in [-0.3, -0.25) is 9.69 Å². The van der Waals surface area contributed by atoms with E-state index in [4.69, 9.17) is 23.2 Å². The molecule has 1 amide bonds. The first-order chi connectivity index (χ1) is 11.6. The van der Waals surface area contributed by atoms with Crippen LogP contribution >= 0.6 is 23.2 Å². The third-order valence-electron chi connectivity index (χ3n) is 4.26. The van der Waals surface area contributed by atoms with Crippen LogP contribution in [-0.4, -0.2) is 23.9 Å². The number of carbonyl (C=O) groups is 1. The van der Waals surface area contributed by atoms with Gasteiger partial charge in [0.25, 0.3) is 5.91 Å². The van der Waals surface area contributed by atoms with Crippen LogP contribution in [0.5, 0.6) is 0 Å². The summed E-state index contributed by atoms with van der Waals surface area (Å²) in [6.45, 7) is 3.89. The molecular weight excluding hydrogens is 343 g/mol. The number of nitrogens with one attached hydrogen (secondary N) is 1. The molecule has 24 heavy (non-hydrogen) atoms. The van der Waals surface area contributed by atoms with E-state index in [-0.39, 0.29) is 5.91 Å². The normalized spacial score (nSPS) is 14.8. The second-order valence-corrected chi connectivity index (χ2v) is 6.93. The Kier molecular flexibility index (Phi) is 5.77. The fourth-order valence-electron chi connectivity index (χ4n) is 2.88. The Morgan fingerprint density at radius 2 is 1.62 bits per heavy atom. The van der Waals surface area contributed by atoms with Gasteiger partial charge in [-0.15, -0.1) is 0 Å². The van der Waals surface area contributed by atoms with Crippen LogP contribution in [0.1, 0.15) is 34.3 Å². The van der Waals surface area contributed by atoms with E-state index >= 15 is 0 Å². The minimum absolute atomic E-state index is 0.158. The predicted molar refractivity (Wildman–Crippen MR) is 98.6 cm³/mol. The summed E-state index contributed by atoms with van der Waals surface area (Å²) in [5, 5.41) is 3.73. The maximum atomic E-state index is 12.2. The average Bonchev–Trinajstić information content (AvgIpc) is 3.09. The Morgan fingerprint density at radius 1 is 0.958 bits per heavy atom. The molecule has 1 saturated heterocycles. The molecular formula is C19H20Cl2N2O. The molecule has 0 aromatic heterocycles. The van der Waals surface area contributed by atoms with Gasteiger partial charge in [0, 0.05) is 18.7 Å². The van der Waals surface area contributed by atoms with Crippen LogP contribution in [-0.2, 0) is 13.1 Å². The van der Waals surface area contributed by atoms with Crippen LogP contribution in [0.2, 0.25) is 10.0 Å². The monoisotopic (exact) mass is 362 g/mol. The van der Waals surface area contributed by atoms with Crippen molar-refractivity contribution >= 4 is 29.1 Å². The first-order valence-corrected chi connectivity index (χ1v) is 8.91. The Morgan fingerprint density at radius 3 is 2.29 bits per heavy atom. The molecule has 0 atom stereocenters. The standard InChI is InChI=1S/C19H20Cl2N2O/c20-17-8-7-16(11-18(17)21)19(24)22-12-14-3-5-15(6-4-14)13-23-9-1-2-10-23/h3-8,11H,1-2,9-10,12-13H2,(H,22,24). The SMILES string of the molecule is O=C(NCc1ccc(CN2CCCC2)cc1)c1ccc(Cl)c(Cl)c1. The lowest BCUT2D eigenvalue weighted by Crippen LogP contribution is -2.22. The Balaban J connectivity index is 1.53. The Bertz CT molecular complexity index is 710. The van der Waals surface area contributed by atoms with E-state index in [1.807, 2.05) is 0 Å². The molecule has 0 aliphatic carbocycles. The molecule has 5 heteroatoms. The van der Waals surface area contributed by atoms with E-state index < -0.39 is 0 Å². The highest BCUT2D eigenvalue weighted by Crippen LogP contribution is 2.22. The number of carbonyl (C=O) groups excluding carboxylic acids is 1. The van der Waals surface area contributed by atoms with E-state index in [9.17, 15) is 4.79 Å². The highest BCUT2D eigenvalue weighted by molar-refractivity contribution is 6.42. The van der Waals surface area contributed by atoms with Gasteiger partial charge in [-0.05, 0) is 55.3 Å². The van der Waals surface area contributed by atoms with Gasteiger partial charge >= 0.3 is 0 Å². The second-order valence-electron chi connectivity index (χ2n) is 6.11. The fraction of sp³-hybridized carbons (Fsp3) is 0.316. The molecule has 0 unspecified atom stereocenters. The summed E-state index contributed by atoms with van der Waals surface area (Å²) in [4.78, 5) is 14.6. The summed E-state index contributed by atoms with van der Waals surface area (Å²) in [5.74, 6) is -0.158.